The number of para-hydroxylation sites is 1. The van der Waals surface area contributed by atoms with E-state index in [0.717, 1.165) is 11.4 Å². The Morgan fingerprint density at radius 1 is 0.885 bits per heavy atom. The molecule has 0 aliphatic carbocycles. The number of hydrogen-bond acceptors (Lipinski definition) is 5. The van der Waals surface area contributed by atoms with E-state index in [9.17, 15) is 9.59 Å². The number of carbonyl (C=O) groups is 2. The van der Waals surface area contributed by atoms with Gasteiger partial charge in [0, 0.05) is 23.3 Å². The Labute approximate surface area is 150 Å². The third-order valence-corrected chi connectivity index (χ3v) is 3.62. The lowest BCUT2D eigenvalue weighted by Crippen LogP contribution is -2.14. The second-order valence-corrected chi connectivity index (χ2v) is 5.44. The van der Waals surface area contributed by atoms with Gasteiger partial charge in [0.15, 0.2) is 0 Å². The molecule has 2 aromatic carbocycles. The smallest absolute Gasteiger partial charge is 0.337 e. The summed E-state index contributed by atoms with van der Waals surface area (Å²) in [7, 11) is 1.32. The SMILES string of the molecule is COC(=O)c1ccc(NC(=O)c2cc(Nc3ccccc3)ccn2)cc1. The lowest BCUT2D eigenvalue weighted by molar-refractivity contribution is 0.0600. The van der Waals surface area contributed by atoms with Gasteiger partial charge in [0.05, 0.1) is 12.7 Å². The second kappa shape index (κ2) is 7.94. The average molecular weight is 347 g/mol. The standard InChI is InChI=1S/C20H17N3O3/c1-26-20(25)14-7-9-16(10-8-14)23-19(24)18-13-17(11-12-21-18)22-15-5-3-2-4-6-15/h2-13H,1H3,(H,21,22)(H,23,24). The summed E-state index contributed by atoms with van der Waals surface area (Å²) in [5.41, 5.74) is 2.94. The lowest BCUT2D eigenvalue weighted by atomic mass is 10.2. The zero-order chi connectivity index (χ0) is 18.4. The zero-order valence-electron chi connectivity index (χ0n) is 14.1. The Balaban J connectivity index is 1.70. The van der Waals surface area contributed by atoms with Crippen LogP contribution in [0.5, 0.6) is 0 Å². The molecule has 0 radical (unpaired) electrons. The number of esters is 1. The van der Waals surface area contributed by atoms with Gasteiger partial charge in [-0.05, 0) is 48.5 Å². The Hall–Kier alpha value is -3.67. The minimum atomic E-state index is -0.427. The first-order chi connectivity index (χ1) is 12.7. The fraction of sp³-hybridized carbons (Fsp3) is 0.0500. The predicted molar refractivity (Wildman–Crippen MR) is 99.7 cm³/mol. The van der Waals surface area contributed by atoms with E-state index in [2.05, 4.69) is 20.4 Å². The number of ether oxygens (including phenoxy) is 1. The summed E-state index contributed by atoms with van der Waals surface area (Å²) in [6.07, 6.45) is 1.57. The van der Waals surface area contributed by atoms with E-state index in [4.69, 9.17) is 0 Å². The van der Waals surface area contributed by atoms with Gasteiger partial charge in [-0.1, -0.05) is 18.2 Å². The van der Waals surface area contributed by atoms with Gasteiger partial charge in [0.2, 0.25) is 0 Å². The molecule has 1 heterocycles. The molecular weight excluding hydrogens is 330 g/mol. The van der Waals surface area contributed by atoms with Crippen LogP contribution in [0.1, 0.15) is 20.8 Å². The van der Waals surface area contributed by atoms with Crippen LogP contribution in [0.25, 0.3) is 0 Å². The quantitative estimate of drug-likeness (QED) is 0.685. The Morgan fingerprint density at radius 3 is 2.31 bits per heavy atom. The minimum Gasteiger partial charge on any atom is -0.465 e. The maximum Gasteiger partial charge on any atom is 0.337 e. The highest BCUT2D eigenvalue weighted by molar-refractivity contribution is 6.03. The van der Waals surface area contributed by atoms with E-state index in [-0.39, 0.29) is 11.6 Å². The van der Waals surface area contributed by atoms with Crippen molar-refractivity contribution < 1.29 is 14.3 Å². The molecular formula is C20H17N3O3. The molecule has 3 rings (SSSR count). The van der Waals surface area contributed by atoms with Gasteiger partial charge in [0.25, 0.3) is 5.91 Å². The zero-order valence-corrected chi connectivity index (χ0v) is 14.1. The van der Waals surface area contributed by atoms with Gasteiger partial charge in [0.1, 0.15) is 5.69 Å². The van der Waals surface area contributed by atoms with E-state index in [0.29, 0.717) is 11.3 Å². The Bertz CT molecular complexity index is 909. The summed E-state index contributed by atoms with van der Waals surface area (Å²) in [5, 5.41) is 5.97. The first-order valence-electron chi connectivity index (χ1n) is 7.93. The summed E-state index contributed by atoms with van der Waals surface area (Å²) in [4.78, 5) is 27.9. The van der Waals surface area contributed by atoms with E-state index >= 15 is 0 Å². The highest BCUT2D eigenvalue weighted by Crippen LogP contribution is 2.17. The third-order valence-electron chi connectivity index (χ3n) is 3.62. The number of rotatable bonds is 5. The van der Waals surface area contributed by atoms with Gasteiger partial charge in [-0.15, -0.1) is 0 Å². The lowest BCUT2D eigenvalue weighted by Gasteiger charge is -2.09. The van der Waals surface area contributed by atoms with Gasteiger partial charge in [-0.3, -0.25) is 9.78 Å². The number of nitrogens with one attached hydrogen (secondary N) is 2. The third kappa shape index (κ3) is 4.24. The molecule has 26 heavy (non-hydrogen) atoms. The van der Waals surface area contributed by atoms with Crippen molar-refractivity contribution in [3.05, 3.63) is 84.2 Å². The maximum absolute atomic E-state index is 12.4. The Kier molecular flexibility index (Phi) is 5.24. The molecule has 6 heteroatoms. The van der Waals surface area contributed by atoms with E-state index < -0.39 is 5.97 Å². The number of nitrogens with zero attached hydrogens (tertiary/aromatic N) is 1. The number of benzene rings is 2. The number of amides is 1. The predicted octanol–water partition coefficient (Wildman–Crippen LogP) is 3.86. The van der Waals surface area contributed by atoms with Crippen LogP contribution in [-0.2, 0) is 4.74 Å². The maximum atomic E-state index is 12.4. The second-order valence-electron chi connectivity index (χ2n) is 5.44. The highest BCUT2D eigenvalue weighted by Gasteiger charge is 2.10. The monoisotopic (exact) mass is 347 g/mol. The first kappa shape index (κ1) is 17.2. The molecule has 3 aromatic rings. The Morgan fingerprint density at radius 2 is 1.62 bits per heavy atom. The normalized spacial score (nSPS) is 10.0. The van der Waals surface area contributed by atoms with Crippen LogP contribution in [0, 0.1) is 0 Å². The number of carbonyl (C=O) groups excluding carboxylic acids is 2. The molecule has 0 aliphatic rings. The van der Waals surface area contributed by atoms with Crippen LogP contribution in [0.15, 0.2) is 72.9 Å². The molecule has 1 aromatic heterocycles. The van der Waals surface area contributed by atoms with E-state index in [1.165, 1.54) is 7.11 Å². The van der Waals surface area contributed by atoms with Crippen molar-refractivity contribution in [3.8, 4) is 0 Å². The van der Waals surface area contributed by atoms with Crippen molar-refractivity contribution >= 4 is 28.9 Å². The fourth-order valence-corrected chi connectivity index (χ4v) is 2.32. The van der Waals surface area contributed by atoms with Crippen LogP contribution >= 0.6 is 0 Å². The van der Waals surface area contributed by atoms with Gasteiger partial charge in [-0.2, -0.15) is 0 Å². The molecule has 1 amide bonds. The van der Waals surface area contributed by atoms with Crippen LogP contribution in [-0.4, -0.2) is 24.0 Å². The molecule has 0 saturated carbocycles. The molecule has 2 N–H and O–H groups in total. The molecule has 0 aliphatic heterocycles. The molecule has 6 nitrogen and oxygen atoms in total. The molecule has 0 unspecified atom stereocenters. The number of aromatic nitrogens is 1. The fourth-order valence-electron chi connectivity index (χ4n) is 2.32. The van der Waals surface area contributed by atoms with Crippen molar-refractivity contribution in [1.29, 1.82) is 0 Å². The number of anilines is 3. The summed E-state index contributed by atoms with van der Waals surface area (Å²) in [5.74, 6) is -0.767. The molecule has 0 saturated heterocycles. The molecule has 0 fully saturated rings. The summed E-state index contributed by atoms with van der Waals surface area (Å²) < 4.78 is 4.65. The minimum absolute atomic E-state index is 0.281. The van der Waals surface area contributed by atoms with Crippen LogP contribution < -0.4 is 10.6 Å². The largest absolute Gasteiger partial charge is 0.465 e. The summed E-state index contributed by atoms with van der Waals surface area (Å²) >= 11 is 0. The van der Waals surface area contributed by atoms with Gasteiger partial charge in [-0.25, -0.2) is 4.79 Å². The molecule has 0 bridgehead atoms. The van der Waals surface area contributed by atoms with Gasteiger partial charge >= 0.3 is 5.97 Å². The number of hydrogen-bond donors (Lipinski definition) is 2. The van der Waals surface area contributed by atoms with Crippen molar-refractivity contribution in [2.75, 3.05) is 17.7 Å². The number of methoxy groups -OCH3 is 1. The topological polar surface area (TPSA) is 80.3 Å². The van der Waals surface area contributed by atoms with Crippen molar-refractivity contribution in [2.45, 2.75) is 0 Å². The number of pyridine rings is 1. The molecule has 130 valence electrons. The molecule has 0 spiro atoms. The summed E-state index contributed by atoms with van der Waals surface area (Å²) in [6, 6.07) is 19.6. The van der Waals surface area contributed by atoms with Crippen molar-refractivity contribution in [2.24, 2.45) is 0 Å². The van der Waals surface area contributed by atoms with Crippen molar-refractivity contribution in [3.63, 3.8) is 0 Å². The average Bonchev–Trinajstić information content (AvgIpc) is 2.69. The summed E-state index contributed by atoms with van der Waals surface area (Å²) in [6.45, 7) is 0. The van der Waals surface area contributed by atoms with Crippen LogP contribution in [0.4, 0.5) is 17.1 Å². The highest BCUT2D eigenvalue weighted by atomic mass is 16.5. The van der Waals surface area contributed by atoms with Gasteiger partial charge < -0.3 is 15.4 Å². The first-order valence-corrected chi connectivity index (χ1v) is 7.93. The van der Waals surface area contributed by atoms with Crippen LogP contribution in [0.3, 0.4) is 0 Å². The van der Waals surface area contributed by atoms with Crippen molar-refractivity contribution in [1.82, 2.24) is 4.98 Å². The van der Waals surface area contributed by atoms with E-state index in [1.807, 2.05) is 30.3 Å². The van der Waals surface area contributed by atoms with Crippen LogP contribution in [0.2, 0.25) is 0 Å². The molecule has 0 atom stereocenters. The van der Waals surface area contributed by atoms with E-state index in [1.54, 1.807) is 42.6 Å².